The number of aliphatic hydroxyl groups is 2. The molecule has 0 bridgehead atoms. The normalized spacial score (nSPS) is 13.8. The maximum absolute atomic E-state index is 12.5. The second kappa shape index (κ2) is 12.6. The van der Waals surface area contributed by atoms with Crippen molar-refractivity contribution in [3.8, 4) is 0 Å². The fourth-order valence-corrected chi connectivity index (χ4v) is 2.37. The van der Waals surface area contributed by atoms with E-state index < -0.39 is 60.8 Å². The van der Waals surface area contributed by atoms with Gasteiger partial charge in [-0.05, 0) is 33.3 Å². The van der Waals surface area contributed by atoms with Gasteiger partial charge in [0.15, 0.2) is 6.04 Å². The van der Waals surface area contributed by atoms with Gasteiger partial charge in [0.05, 0.1) is 12.7 Å². The van der Waals surface area contributed by atoms with Gasteiger partial charge in [-0.2, -0.15) is 0 Å². The smallest absolute Gasteiger partial charge is 0.408 e. The second-order valence-corrected chi connectivity index (χ2v) is 7.98. The molecule has 11 nitrogen and oxygen atoms in total. The standard InChI is InChI=1S/C21H31N3O8/c1-13(26)17(24-16(27)10-22-20(30)32-21(2,3)4)18(28)23-15(11-25)19(29)31-12-14-8-6-5-7-9-14/h5-9,13,15,17,25-26H,10-12H2,1-4H3,(H,22,30)(H,23,28)(H,24,27)/t13-,15-,17-/m0/s1. The van der Waals surface area contributed by atoms with Gasteiger partial charge in [0, 0.05) is 0 Å². The molecule has 5 N–H and O–H groups in total. The summed E-state index contributed by atoms with van der Waals surface area (Å²) in [6, 6.07) is 5.97. The summed E-state index contributed by atoms with van der Waals surface area (Å²) in [5.74, 6) is -2.57. The highest BCUT2D eigenvalue weighted by atomic mass is 16.6. The maximum Gasteiger partial charge on any atom is 0.408 e. The van der Waals surface area contributed by atoms with E-state index in [1.165, 1.54) is 6.92 Å². The fourth-order valence-electron chi connectivity index (χ4n) is 2.37. The number of hydrogen-bond donors (Lipinski definition) is 5. The first-order valence-corrected chi connectivity index (χ1v) is 9.99. The molecule has 1 rings (SSSR count). The summed E-state index contributed by atoms with van der Waals surface area (Å²) in [6.07, 6.45) is -2.16. The Morgan fingerprint density at radius 3 is 2.22 bits per heavy atom. The molecule has 3 atom stereocenters. The molecule has 0 aromatic heterocycles. The molecule has 0 radical (unpaired) electrons. The molecular weight excluding hydrogens is 422 g/mol. The predicted octanol–water partition coefficient (Wildman–Crippen LogP) is -0.403. The third-order valence-electron chi connectivity index (χ3n) is 3.88. The minimum atomic E-state index is -1.45. The van der Waals surface area contributed by atoms with Crippen molar-refractivity contribution in [3.05, 3.63) is 35.9 Å². The SMILES string of the molecule is C[C@H](O)[C@H](NC(=O)CNC(=O)OC(C)(C)C)C(=O)N[C@@H](CO)C(=O)OCc1ccccc1. The van der Waals surface area contributed by atoms with Crippen LogP contribution in [0.3, 0.4) is 0 Å². The summed E-state index contributed by atoms with van der Waals surface area (Å²) in [5.41, 5.74) is -0.0349. The van der Waals surface area contributed by atoms with Gasteiger partial charge in [-0.1, -0.05) is 30.3 Å². The largest absolute Gasteiger partial charge is 0.459 e. The molecule has 0 saturated carbocycles. The monoisotopic (exact) mass is 453 g/mol. The molecule has 0 unspecified atom stereocenters. The predicted molar refractivity (Wildman–Crippen MR) is 113 cm³/mol. The molecule has 0 aliphatic carbocycles. The Balaban J connectivity index is 2.61. The summed E-state index contributed by atoms with van der Waals surface area (Å²) in [7, 11) is 0. The molecule has 0 saturated heterocycles. The number of esters is 1. The number of carbonyl (C=O) groups excluding carboxylic acids is 4. The molecule has 0 aliphatic heterocycles. The molecule has 0 fully saturated rings. The lowest BCUT2D eigenvalue weighted by atomic mass is 10.1. The zero-order valence-electron chi connectivity index (χ0n) is 18.6. The second-order valence-electron chi connectivity index (χ2n) is 7.98. The number of amides is 3. The van der Waals surface area contributed by atoms with E-state index in [9.17, 15) is 29.4 Å². The Labute approximate surface area is 186 Å². The Kier molecular flexibility index (Phi) is 10.6. The number of aliphatic hydroxyl groups excluding tert-OH is 2. The Morgan fingerprint density at radius 1 is 1.06 bits per heavy atom. The highest BCUT2D eigenvalue weighted by Crippen LogP contribution is 2.06. The van der Waals surface area contributed by atoms with E-state index in [0.29, 0.717) is 0 Å². The van der Waals surface area contributed by atoms with Crippen LogP contribution in [-0.4, -0.2) is 71.0 Å². The van der Waals surface area contributed by atoms with Gasteiger partial charge < -0.3 is 35.6 Å². The lowest BCUT2D eigenvalue weighted by Crippen LogP contribution is -2.57. The lowest BCUT2D eigenvalue weighted by Gasteiger charge is -2.24. The van der Waals surface area contributed by atoms with E-state index in [4.69, 9.17) is 9.47 Å². The summed E-state index contributed by atoms with van der Waals surface area (Å²) >= 11 is 0. The quantitative estimate of drug-likeness (QED) is 0.299. The van der Waals surface area contributed by atoms with Crippen molar-refractivity contribution in [2.24, 2.45) is 0 Å². The molecule has 0 spiro atoms. The third kappa shape index (κ3) is 10.2. The van der Waals surface area contributed by atoms with Gasteiger partial charge in [0.25, 0.3) is 0 Å². The minimum absolute atomic E-state index is 0.0566. The van der Waals surface area contributed by atoms with Crippen molar-refractivity contribution < 1.29 is 38.9 Å². The van der Waals surface area contributed by atoms with Crippen LogP contribution in [0.15, 0.2) is 30.3 Å². The lowest BCUT2D eigenvalue weighted by molar-refractivity contribution is -0.150. The average Bonchev–Trinajstić information content (AvgIpc) is 2.71. The van der Waals surface area contributed by atoms with Crippen molar-refractivity contribution >= 4 is 23.9 Å². The number of hydrogen-bond acceptors (Lipinski definition) is 8. The van der Waals surface area contributed by atoms with Crippen LogP contribution in [0.2, 0.25) is 0 Å². The van der Waals surface area contributed by atoms with Crippen LogP contribution in [-0.2, 0) is 30.5 Å². The van der Waals surface area contributed by atoms with Crippen LogP contribution in [0.1, 0.15) is 33.3 Å². The number of alkyl carbamates (subject to hydrolysis) is 1. The molecule has 0 heterocycles. The number of benzene rings is 1. The van der Waals surface area contributed by atoms with Crippen LogP contribution in [0.25, 0.3) is 0 Å². The number of rotatable bonds is 10. The molecule has 3 amide bonds. The van der Waals surface area contributed by atoms with E-state index in [2.05, 4.69) is 16.0 Å². The molecular formula is C21H31N3O8. The third-order valence-corrected chi connectivity index (χ3v) is 3.88. The van der Waals surface area contributed by atoms with Crippen molar-refractivity contribution in [2.75, 3.05) is 13.2 Å². The summed E-state index contributed by atoms with van der Waals surface area (Å²) in [4.78, 5) is 48.3. The molecule has 32 heavy (non-hydrogen) atoms. The van der Waals surface area contributed by atoms with Crippen LogP contribution in [0.4, 0.5) is 4.79 Å². The first-order chi connectivity index (χ1) is 14.9. The highest BCUT2D eigenvalue weighted by molar-refractivity contribution is 5.92. The van der Waals surface area contributed by atoms with Crippen molar-refractivity contribution in [2.45, 2.75) is 58.1 Å². The van der Waals surface area contributed by atoms with Gasteiger partial charge in [0.2, 0.25) is 11.8 Å². The van der Waals surface area contributed by atoms with Crippen LogP contribution in [0, 0.1) is 0 Å². The Bertz CT molecular complexity index is 777. The molecule has 11 heteroatoms. The Hall–Kier alpha value is -3.18. The maximum atomic E-state index is 12.5. The van der Waals surface area contributed by atoms with Gasteiger partial charge >= 0.3 is 12.1 Å². The zero-order valence-corrected chi connectivity index (χ0v) is 18.6. The Morgan fingerprint density at radius 2 is 1.69 bits per heavy atom. The topological polar surface area (TPSA) is 163 Å². The summed E-state index contributed by atoms with van der Waals surface area (Å²) in [6.45, 7) is 4.91. The van der Waals surface area contributed by atoms with Crippen LogP contribution >= 0.6 is 0 Å². The summed E-state index contributed by atoms with van der Waals surface area (Å²) in [5, 5.41) is 26.0. The van der Waals surface area contributed by atoms with Gasteiger partial charge in [-0.25, -0.2) is 9.59 Å². The molecule has 1 aromatic rings. The number of carbonyl (C=O) groups is 4. The van der Waals surface area contributed by atoms with Crippen LogP contribution in [0.5, 0.6) is 0 Å². The first-order valence-electron chi connectivity index (χ1n) is 9.99. The van der Waals surface area contributed by atoms with Crippen molar-refractivity contribution in [3.63, 3.8) is 0 Å². The zero-order chi connectivity index (χ0) is 24.3. The van der Waals surface area contributed by atoms with Crippen molar-refractivity contribution in [1.29, 1.82) is 0 Å². The van der Waals surface area contributed by atoms with Crippen molar-refractivity contribution in [1.82, 2.24) is 16.0 Å². The van der Waals surface area contributed by atoms with E-state index >= 15 is 0 Å². The van der Waals surface area contributed by atoms with Gasteiger partial charge in [0.1, 0.15) is 24.8 Å². The van der Waals surface area contributed by atoms with E-state index in [1.807, 2.05) is 0 Å². The summed E-state index contributed by atoms with van der Waals surface area (Å²) < 4.78 is 10.1. The molecule has 1 aromatic carbocycles. The van der Waals surface area contributed by atoms with E-state index in [-0.39, 0.29) is 6.61 Å². The van der Waals surface area contributed by atoms with Crippen LogP contribution < -0.4 is 16.0 Å². The van der Waals surface area contributed by atoms with Gasteiger partial charge in [-0.3, -0.25) is 9.59 Å². The fraction of sp³-hybridized carbons (Fsp3) is 0.524. The van der Waals surface area contributed by atoms with E-state index in [1.54, 1.807) is 51.1 Å². The highest BCUT2D eigenvalue weighted by Gasteiger charge is 2.30. The molecule has 178 valence electrons. The first kappa shape index (κ1) is 26.9. The molecule has 0 aliphatic rings. The van der Waals surface area contributed by atoms with Gasteiger partial charge in [-0.15, -0.1) is 0 Å². The van der Waals surface area contributed by atoms with E-state index in [0.717, 1.165) is 5.56 Å². The average molecular weight is 453 g/mol. The number of ether oxygens (including phenoxy) is 2. The number of nitrogens with one attached hydrogen (secondary N) is 3. The minimum Gasteiger partial charge on any atom is -0.459 e.